The third kappa shape index (κ3) is 4.12. The molecule has 4 aliphatic rings. The van der Waals surface area contributed by atoms with Crippen LogP contribution in [0.15, 0.2) is 12.7 Å². The molecule has 0 radical (unpaired) electrons. The van der Waals surface area contributed by atoms with E-state index in [9.17, 15) is 19.5 Å². The number of thioether (sulfide) groups is 1. The van der Waals surface area contributed by atoms with Gasteiger partial charge in [0.15, 0.2) is 0 Å². The standard InChI is InChI=1S/C27H42N2O5S/c1-6-15-28(18-11-9-8-10-12-18)24(32)22-27-14-13-26(5,35-27)21(25(33)34-7-2)20(27)23(31)29(22)19(16-30)17(3)4/h6,17-22,30H,1,7-16H2,2-5H3/t19-,20-,21+,22?,26-,27?/m0/s1. The van der Waals surface area contributed by atoms with Crippen LogP contribution in [-0.4, -0.2) is 80.1 Å². The Labute approximate surface area is 214 Å². The first-order valence-electron chi connectivity index (χ1n) is 13.4. The average molecular weight is 507 g/mol. The molecule has 0 aromatic heterocycles. The van der Waals surface area contributed by atoms with Gasteiger partial charge in [0, 0.05) is 17.3 Å². The number of ether oxygens (including phenoxy) is 1. The maximum absolute atomic E-state index is 14.5. The lowest BCUT2D eigenvalue weighted by Gasteiger charge is -2.43. The molecule has 8 heteroatoms. The van der Waals surface area contributed by atoms with Crippen molar-refractivity contribution in [2.24, 2.45) is 17.8 Å². The first-order valence-corrected chi connectivity index (χ1v) is 14.2. The lowest BCUT2D eigenvalue weighted by Crippen LogP contribution is -2.60. The number of nitrogens with zero attached hydrogens (tertiary/aromatic N) is 2. The van der Waals surface area contributed by atoms with Crippen molar-refractivity contribution in [2.75, 3.05) is 19.8 Å². The van der Waals surface area contributed by atoms with Crippen LogP contribution in [0.5, 0.6) is 0 Å². The van der Waals surface area contributed by atoms with Crippen molar-refractivity contribution < 1.29 is 24.2 Å². The molecule has 4 fully saturated rings. The summed E-state index contributed by atoms with van der Waals surface area (Å²) in [6, 6.07) is -1.05. The largest absolute Gasteiger partial charge is 0.466 e. The Morgan fingerprint density at radius 1 is 1.29 bits per heavy atom. The zero-order valence-corrected chi connectivity index (χ0v) is 22.5. The summed E-state index contributed by atoms with van der Waals surface area (Å²) in [7, 11) is 0. The highest BCUT2D eigenvalue weighted by Crippen LogP contribution is 2.72. The van der Waals surface area contributed by atoms with Crippen LogP contribution in [0, 0.1) is 17.8 Å². The minimum Gasteiger partial charge on any atom is -0.466 e. The number of rotatable bonds is 9. The number of hydrogen-bond acceptors (Lipinski definition) is 6. The zero-order valence-electron chi connectivity index (χ0n) is 21.7. The van der Waals surface area contributed by atoms with Gasteiger partial charge in [-0.2, -0.15) is 0 Å². The van der Waals surface area contributed by atoms with Crippen molar-refractivity contribution in [3.8, 4) is 0 Å². The number of hydrogen-bond donors (Lipinski definition) is 1. The van der Waals surface area contributed by atoms with Gasteiger partial charge >= 0.3 is 5.97 Å². The first kappa shape index (κ1) is 26.5. The molecule has 0 aromatic rings. The lowest BCUT2D eigenvalue weighted by molar-refractivity contribution is -0.156. The Kier molecular flexibility index (Phi) is 7.64. The molecule has 3 heterocycles. The fourth-order valence-electron chi connectivity index (χ4n) is 7.32. The molecule has 1 N–H and O–H groups in total. The summed E-state index contributed by atoms with van der Waals surface area (Å²) in [5.74, 6) is -1.78. The van der Waals surface area contributed by atoms with E-state index in [-0.39, 0.29) is 43.0 Å². The Morgan fingerprint density at radius 2 is 1.97 bits per heavy atom. The molecule has 3 saturated heterocycles. The monoisotopic (exact) mass is 506 g/mol. The Balaban J connectivity index is 1.81. The third-order valence-corrected chi connectivity index (χ3v) is 10.9. The molecule has 35 heavy (non-hydrogen) atoms. The van der Waals surface area contributed by atoms with Gasteiger partial charge in [-0.3, -0.25) is 14.4 Å². The highest BCUT2D eigenvalue weighted by atomic mass is 32.2. The number of fused-ring (bicyclic) bond motifs is 1. The van der Waals surface area contributed by atoms with Crippen LogP contribution in [0.2, 0.25) is 0 Å². The zero-order chi connectivity index (χ0) is 25.5. The van der Waals surface area contributed by atoms with E-state index in [2.05, 4.69) is 13.5 Å². The number of carbonyl (C=O) groups is 3. The van der Waals surface area contributed by atoms with Crippen molar-refractivity contribution in [2.45, 2.75) is 100 Å². The normalized spacial score (nSPS) is 35.3. The van der Waals surface area contributed by atoms with Gasteiger partial charge in [0.25, 0.3) is 0 Å². The summed E-state index contributed by atoms with van der Waals surface area (Å²) in [5.41, 5.74) is 0. The van der Waals surface area contributed by atoms with Gasteiger partial charge in [0.05, 0.1) is 35.8 Å². The van der Waals surface area contributed by atoms with Crippen LogP contribution in [0.1, 0.15) is 72.6 Å². The smallest absolute Gasteiger partial charge is 0.311 e. The predicted octanol–water partition coefficient (Wildman–Crippen LogP) is 3.40. The highest BCUT2D eigenvalue weighted by molar-refractivity contribution is 8.02. The average Bonchev–Trinajstić information content (AvgIpc) is 3.39. The van der Waals surface area contributed by atoms with Crippen molar-refractivity contribution in [3.05, 3.63) is 12.7 Å². The van der Waals surface area contributed by atoms with Gasteiger partial charge in [-0.05, 0) is 45.4 Å². The molecule has 1 aliphatic carbocycles. The minimum absolute atomic E-state index is 0.0316. The van der Waals surface area contributed by atoms with Gasteiger partial charge in [-0.15, -0.1) is 18.3 Å². The number of amides is 2. The van der Waals surface area contributed by atoms with Crippen LogP contribution in [0.3, 0.4) is 0 Å². The van der Waals surface area contributed by atoms with Gasteiger partial charge < -0.3 is 19.6 Å². The van der Waals surface area contributed by atoms with Crippen LogP contribution in [0.4, 0.5) is 0 Å². The minimum atomic E-state index is -0.701. The Bertz CT molecular complexity index is 859. The van der Waals surface area contributed by atoms with E-state index in [1.165, 1.54) is 6.42 Å². The summed E-state index contributed by atoms with van der Waals surface area (Å²) < 4.78 is 4.35. The second-order valence-electron chi connectivity index (χ2n) is 11.3. The molecule has 7 nitrogen and oxygen atoms in total. The topological polar surface area (TPSA) is 87.2 Å². The quantitative estimate of drug-likeness (QED) is 0.381. The SMILES string of the molecule is C=CCN(C(=O)C1N([C@@H](CO)C(C)C)C(=O)[C@@H]2[C@H](C(=O)OCC)[C@]3(C)CCC12S3)C1CCCCC1. The molecule has 2 unspecified atom stereocenters. The van der Waals surface area contributed by atoms with Crippen molar-refractivity contribution >= 4 is 29.5 Å². The van der Waals surface area contributed by atoms with Crippen molar-refractivity contribution in [1.29, 1.82) is 0 Å². The van der Waals surface area contributed by atoms with E-state index in [4.69, 9.17) is 4.74 Å². The molecule has 6 atom stereocenters. The molecule has 1 spiro atoms. The molecule has 3 aliphatic heterocycles. The molecule has 2 amide bonds. The van der Waals surface area contributed by atoms with Crippen LogP contribution in [-0.2, 0) is 19.1 Å². The molecule has 0 aromatic carbocycles. The Morgan fingerprint density at radius 3 is 2.54 bits per heavy atom. The van der Waals surface area contributed by atoms with Crippen LogP contribution < -0.4 is 0 Å². The number of aliphatic hydroxyl groups excluding tert-OH is 1. The van der Waals surface area contributed by atoms with Gasteiger partial charge in [-0.25, -0.2) is 0 Å². The van der Waals surface area contributed by atoms with E-state index in [1.54, 1.807) is 29.7 Å². The first-order chi connectivity index (χ1) is 16.7. The maximum atomic E-state index is 14.5. The van der Waals surface area contributed by atoms with E-state index >= 15 is 0 Å². The summed E-state index contributed by atoms with van der Waals surface area (Å²) in [6.07, 6.45) is 8.53. The second-order valence-corrected chi connectivity index (χ2v) is 13.2. The fraction of sp³-hybridized carbons (Fsp3) is 0.815. The van der Waals surface area contributed by atoms with Gasteiger partial charge in [0.2, 0.25) is 11.8 Å². The Hall–Kier alpha value is -1.54. The van der Waals surface area contributed by atoms with E-state index in [0.717, 1.165) is 32.1 Å². The van der Waals surface area contributed by atoms with Gasteiger partial charge in [-0.1, -0.05) is 39.2 Å². The summed E-state index contributed by atoms with van der Waals surface area (Å²) >= 11 is 1.66. The van der Waals surface area contributed by atoms with Gasteiger partial charge in [0.1, 0.15) is 6.04 Å². The van der Waals surface area contributed by atoms with E-state index < -0.39 is 33.4 Å². The summed E-state index contributed by atoms with van der Waals surface area (Å²) in [4.78, 5) is 45.6. The van der Waals surface area contributed by atoms with E-state index in [1.807, 2.05) is 18.7 Å². The molecule has 1 saturated carbocycles. The molecule has 2 bridgehead atoms. The van der Waals surface area contributed by atoms with Crippen LogP contribution >= 0.6 is 11.8 Å². The maximum Gasteiger partial charge on any atom is 0.311 e. The molecular weight excluding hydrogens is 464 g/mol. The molecule has 196 valence electrons. The third-order valence-electron chi connectivity index (χ3n) is 8.93. The molecular formula is C27H42N2O5S. The summed E-state index contributed by atoms with van der Waals surface area (Å²) in [6.45, 7) is 12.2. The summed E-state index contributed by atoms with van der Waals surface area (Å²) in [5, 5.41) is 10.4. The highest BCUT2D eigenvalue weighted by Gasteiger charge is 2.78. The van der Waals surface area contributed by atoms with Crippen molar-refractivity contribution in [3.63, 3.8) is 0 Å². The van der Waals surface area contributed by atoms with Crippen molar-refractivity contribution in [1.82, 2.24) is 9.80 Å². The lowest BCUT2D eigenvalue weighted by atomic mass is 9.66. The fourth-order valence-corrected chi connectivity index (χ4v) is 9.64. The molecule has 4 rings (SSSR count). The number of carbonyl (C=O) groups excluding carboxylic acids is 3. The second kappa shape index (κ2) is 10.1. The van der Waals surface area contributed by atoms with Crippen LogP contribution in [0.25, 0.3) is 0 Å². The number of aliphatic hydroxyl groups is 1. The van der Waals surface area contributed by atoms with E-state index in [0.29, 0.717) is 13.0 Å². The predicted molar refractivity (Wildman–Crippen MR) is 137 cm³/mol. The number of likely N-dealkylation sites (tertiary alicyclic amines) is 1. The number of esters is 1.